The van der Waals surface area contributed by atoms with Crippen LogP contribution in [0.15, 0.2) is 0 Å². The highest BCUT2D eigenvalue weighted by Crippen LogP contribution is 2.08. The summed E-state index contributed by atoms with van der Waals surface area (Å²) in [4.78, 5) is 13.1. The number of nitrogens with zero attached hydrogens (tertiary/aromatic N) is 4. The zero-order valence-corrected chi connectivity index (χ0v) is 9.47. The van der Waals surface area contributed by atoms with Gasteiger partial charge in [-0.15, -0.1) is 10.2 Å². The van der Waals surface area contributed by atoms with Gasteiger partial charge in [0.2, 0.25) is 0 Å². The van der Waals surface area contributed by atoms with E-state index in [-0.39, 0.29) is 18.1 Å². The summed E-state index contributed by atoms with van der Waals surface area (Å²) in [6.07, 6.45) is -0.223. The van der Waals surface area contributed by atoms with E-state index in [0.29, 0.717) is 5.82 Å². The molecule has 1 rings (SSSR count). The van der Waals surface area contributed by atoms with Gasteiger partial charge in [0, 0.05) is 7.11 Å². The molecule has 0 saturated heterocycles. The lowest BCUT2D eigenvalue weighted by Gasteiger charge is -2.16. The fourth-order valence-corrected chi connectivity index (χ4v) is 1.43. The van der Waals surface area contributed by atoms with E-state index in [9.17, 15) is 4.79 Å². The molecule has 0 spiro atoms. The van der Waals surface area contributed by atoms with E-state index >= 15 is 0 Å². The lowest BCUT2D eigenvalue weighted by Crippen LogP contribution is -2.30. The van der Waals surface area contributed by atoms with Crippen LogP contribution in [-0.2, 0) is 23.0 Å². The summed E-state index contributed by atoms with van der Waals surface area (Å²) in [7, 11) is 3.20. The largest absolute Gasteiger partial charge is 0.373 e. The third-order valence-corrected chi connectivity index (χ3v) is 2.06. The maximum absolute atomic E-state index is 11.8. The van der Waals surface area contributed by atoms with Crippen LogP contribution in [0.3, 0.4) is 0 Å². The van der Waals surface area contributed by atoms with Gasteiger partial charge in [-0.25, -0.2) is 0 Å². The first-order chi connectivity index (χ1) is 7.04. The molecular formula is C9H16N4O2. The van der Waals surface area contributed by atoms with Gasteiger partial charge in [0.15, 0.2) is 11.6 Å². The van der Waals surface area contributed by atoms with Gasteiger partial charge in [-0.2, -0.15) is 4.80 Å². The predicted octanol–water partition coefficient (Wildman–Crippen LogP) is -0.00730. The molecule has 0 bridgehead atoms. The van der Waals surface area contributed by atoms with Gasteiger partial charge in [-0.1, -0.05) is 13.8 Å². The highest BCUT2D eigenvalue weighted by atomic mass is 16.5. The second-order valence-electron chi connectivity index (χ2n) is 3.74. The Kier molecular flexibility index (Phi) is 3.90. The Hall–Kier alpha value is -1.30. The highest BCUT2D eigenvalue weighted by Gasteiger charge is 2.22. The molecule has 0 amide bonds. The number of rotatable bonds is 5. The second kappa shape index (κ2) is 4.97. The Morgan fingerprint density at radius 2 is 2.20 bits per heavy atom. The van der Waals surface area contributed by atoms with Crippen LogP contribution in [-0.4, -0.2) is 39.2 Å². The quantitative estimate of drug-likeness (QED) is 0.686. The number of Topliss-reactive ketones (excluding diaryl/α,β-unsaturated/α-hetero) is 1. The molecular weight excluding hydrogens is 196 g/mol. The number of carbonyl (C=O) groups is 1. The van der Waals surface area contributed by atoms with E-state index in [1.54, 1.807) is 7.05 Å². The zero-order valence-electron chi connectivity index (χ0n) is 9.47. The van der Waals surface area contributed by atoms with Gasteiger partial charge in [-0.3, -0.25) is 4.79 Å². The van der Waals surface area contributed by atoms with Crippen molar-refractivity contribution in [3.05, 3.63) is 5.82 Å². The van der Waals surface area contributed by atoms with Crippen LogP contribution < -0.4 is 0 Å². The molecule has 15 heavy (non-hydrogen) atoms. The number of ketones is 1. The molecule has 0 aliphatic heterocycles. The van der Waals surface area contributed by atoms with Gasteiger partial charge in [-0.05, 0) is 11.1 Å². The summed E-state index contributed by atoms with van der Waals surface area (Å²) >= 11 is 0. The summed E-state index contributed by atoms with van der Waals surface area (Å²) in [6, 6.07) is 0. The number of methoxy groups -OCH3 is 1. The van der Waals surface area contributed by atoms with Crippen molar-refractivity contribution in [3.63, 3.8) is 0 Å². The standard InChI is InChI=1S/C9H16N4O2/c1-6(2)9(15-4)7(14)5-8-10-12-13(3)11-8/h6,9H,5H2,1-4H3. The zero-order chi connectivity index (χ0) is 11.4. The molecule has 0 fully saturated rings. The van der Waals surface area contributed by atoms with Crippen LogP contribution >= 0.6 is 0 Å². The van der Waals surface area contributed by atoms with Gasteiger partial charge < -0.3 is 4.74 Å². The van der Waals surface area contributed by atoms with Crippen molar-refractivity contribution in [2.75, 3.05) is 7.11 Å². The van der Waals surface area contributed by atoms with Gasteiger partial charge >= 0.3 is 0 Å². The summed E-state index contributed by atoms with van der Waals surface area (Å²) in [6.45, 7) is 3.88. The van der Waals surface area contributed by atoms with Crippen molar-refractivity contribution in [3.8, 4) is 0 Å². The first-order valence-corrected chi connectivity index (χ1v) is 4.83. The Labute approximate surface area is 88.6 Å². The molecule has 1 unspecified atom stereocenters. The van der Waals surface area contributed by atoms with Crippen LogP contribution in [0.5, 0.6) is 0 Å². The summed E-state index contributed by atoms with van der Waals surface area (Å²) in [5.41, 5.74) is 0. The Bertz CT molecular complexity index is 335. The maximum Gasteiger partial charge on any atom is 0.182 e. The summed E-state index contributed by atoms with van der Waals surface area (Å²) in [5.74, 6) is 0.574. The minimum Gasteiger partial charge on any atom is -0.373 e. The summed E-state index contributed by atoms with van der Waals surface area (Å²) in [5, 5.41) is 11.4. The fraction of sp³-hybridized carbons (Fsp3) is 0.778. The predicted molar refractivity (Wildman–Crippen MR) is 53.1 cm³/mol. The minimum absolute atomic E-state index is 0.0134. The molecule has 1 aromatic heterocycles. The molecule has 6 nitrogen and oxygen atoms in total. The molecule has 6 heteroatoms. The van der Waals surface area contributed by atoms with Crippen molar-refractivity contribution in [1.29, 1.82) is 0 Å². The normalized spacial score (nSPS) is 13.1. The van der Waals surface area contributed by atoms with E-state index in [4.69, 9.17) is 4.74 Å². The smallest absolute Gasteiger partial charge is 0.182 e. The lowest BCUT2D eigenvalue weighted by molar-refractivity contribution is -0.130. The second-order valence-corrected chi connectivity index (χ2v) is 3.74. The highest BCUT2D eigenvalue weighted by molar-refractivity contribution is 5.84. The number of aromatic nitrogens is 4. The number of hydrogen-bond acceptors (Lipinski definition) is 5. The number of aryl methyl sites for hydroxylation is 1. The Morgan fingerprint density at radius 3 is 2.60 bits per heavy atom. The number of carbonyl (C=O) groups excluding carboxylic acids is 1. The van der Waals surface area contributed by atoms with E-state index in [0.717, 1.165) is 0 Å². The Morgan fingerprint density at radius 1 is 1.53 bits per heavy atom. The average molecular weight is 212 g/mol. The van der Waals surface area contributed by atoms with Crippen molar-refractivity contribution >= 4 is 5.78 Å². The molecule has 84 valence electrons. The number of ether oxygens (including phenoxy) is 1. The molecule has 0 aromatic carbocycles. The van der Waals surface area contributed by atoms with Crippen LogP contribution in [0.25, 0.3) is 0 Å². The SMILES string of the molecule is COC(C(=O)Cc1nnn(C)n1)C(C)C. The molecule has 0 radical (unpaired) electrons. The first kappa shape index (κ1) is 11.8. The number of tetrazole rings is 1. The monoisotopic (exact) mass is 212 g/mol. The molecule has 0 N–H and O–H groups in total. The van der Waals surface area contributed by atoms with Gasteiger partial charge in [0.25, 0.3) is 0 Å². The molecule has 1 atom stereocenters. The van der Waals surface area contributed by atoms with Crippen molar-refractivity contribution in [1.82, 2.24) is 20.2 Å². The van der Waals surface area contributed by atoms with Crippen molar-refractivity contribution in [2.45, 2.75) is 26.4 Å². The van der Waals surface area contributed by atoms with E-state index in [1.807, 2.05) is 13.8 Å². The van der Waals surface area contributed by atoms with Crippen LogP contribution in [0.1, 0.15) is 19.7 Å². The third kappa shape index (κ3) is 3.09. The fourth-order valence-electron chi connectivity index (χ4n) is 1.43. The van der Waals surface area contributed by atoms with Crippen molar-refractivity contribution < 1.29 is 9.53 Å². The topological polar surface area (TPSA) is 69.9 Å². The minimum atomic E-state index is -0.395. The van der Waals surface area contributed by atoms with E-state index in [1.165, 1.54) is 11.9 Å². The molecule has 0 aliphatic carbocycles. The average Bonchev–Trinajstić information content (AvgIpc) is 2.51. The Balaban J connectivity index is 2.62. The van der Waals surface area contributed by atoms with Crippen LogP contribution in [0.2, 0.25) is 0 Å². The number of hydrogen-bond donors (Lipinski definition) is 0. The van der Waals surface area contributed by atoms with Crippen molar-refractivity contribution in [2.24, 2.45) is 13.0 Å². The summed E-state index contributed by atoms with van der Waals surface area (Å²) < 4.78 is 5.12. The van der Waals surface area contributed by atoms with Crippen LogP contribution in [0.4, 0.5) is 0 Å². The van der Waals surface area contributed by atoms with Crippen LogP contribution in [0, 0.1) is 5.92 Å². The van der Waals surface area contributed by atoms with Gasteiger partial charge in [0.1, 0.15) is 6.10 Å². The molecule has 1 heterocycles. The maximum atomic E-state index is 11.8. The van der Waals surface area contributed by atoms with E-state index < -0.39 is 6.10 Å². The molecule has 1 aromatic rings. The molecule has 0 saturated carbocycles. The lowest BCUT2D eigenvalue weighted by atomic mass is 10.0. The van der Waals surface area contributed by atoms with Gasteiger partial charge in [0.05, 0.1) is 13.5 Å². The van der Waals surface area contributed by atoms with E-state index in [2.05, 4.69) is 15.4 Å². The third-order valence-electron chi connectivity index (χ3n) is 2.06. The molecule has 0 aliphatic rings. The first-order valence-electron chi connectivity index (χ1n) is 4.83.